The summed E-state index contributed by atoms with van der Waals surface area (Å²) in [5, 5.41) is 12.3. The number of likely N-dealkylation sites (N-methyl/N-ethyl adjacent to an activating group) is 1. The Morgan fingerprint density at radius 1 is 1.63 bits per heavy atom. The first-order valence-corrected chi connectivity index (χ1v) is 5.89. The minimum absolute atomic E-state index is 0.0300. The molecule has 2 atom stereocenters. The molecular weight excluding hydrogens is 252 g/mol. The summed E-state index contributed by atoms with van der Waals surface area (Å²) in [6, 6.07) is 0. The topological polar surface area (TPSA) is 88.1 Å². The first-order chi connectivity index (χ1) is 8.60. The van der Waals surface area contributed by atoms with Gasteiger partial charge in [0, 0.05) is 12.7 Å². The molecule has 0 radical (unpaired) electrons. The highest BCUT2D eigenvalue weighted by atomic mass is 16.6. The summed E-state index contributed by atoms with van der Waals surface area (Å²) >= 11 is 0. The lowest BCUT2D eigenvalue weighted by atomic mass is 10.1. The van der Waals surface area contributed by atoms with E-state index in [4.69, 9.17) is 9.47 Å². The SMILES string of the molecule is C=C(NC(=O)OC(C)(C)C)C(O)C1CN(C)C(=O)O1. The zero-order valence-electron chi connectivity index (χ0n) is 11.6. The van der Waals surface area contributed by atoms with Crippen LogP contribution in [0.15, 0.2) is 12.3 Å². The van der Waals surface area contributed by atoms with E-state index in [-0.39, 0.29) is 12.2 Å². The minimum Gasteiger partial charge on any atom is -0.444 e. The van der Waals surface area contributed by atoms with Gasteiger partial charge in [-0.05, 0) is 20.8 Å². The maximum atomic E-state index is 11.5. The number of rotatable bonds is 3. The Kier molecular flexibility index (Phi) is 4.41. The molecule has 2 unspecified atom stereocenters. The van der Waals surface area contributed by atoms with Crippen LogP contribution in [0.1, 0.15) is 20.8 Å². The van der Waals surface area contributed by atoms with Gasteiger partial charge in [0.1, 0.15) is 11.7 Å². The molecule has 0 aliphatic carbocycles. The third kappa shape index (κ3) is 4.44. The average Bonchev–Trinajstić information content (AvgIpc) is 2.55. The van der Waals surface area contributed by atoms with Crippen LogP contribution in [-0.2, 0) is 9.47 Å². The lowest BCUT2D eigenvalue weighted by Gasteiger charge is -2.23. The number of nitrogens with one attached hydrogen (secondary N) is 1. The van der Waals surface area contributed by atoms with Crippen LogP contribution in [0.2, 0.25) is 0 Å². The van der Waals surface area contributed by atoms with Gasteiger partial charge in [0.05, 0.1) is 6.54 Å². The van der Waals surface area contributed by atoms with Crippen LogP contribution in [0.25, 0.3) is 0 Å². The Morgan fingerprint density at radius 3 is 2.63 bits per heavy atom. The van der Waals surface area contributed by atoms with Crippen molar-refractivity contribution in [1.29, 1.82) is 0 Å². The van der Waals surface area contributed by atoms with Crippen LogP contribution in [0, 0.1) is 0 Å². The van der Waals surface area contributed by atoms with Gasteiger partial charge in [0.15, 0.2) is 6.10 Å². The van der Waals surface area contributed by atoms with Gasteiger partial charge in [-0.15, -0.1) is 0 Å². The molecule has 19 heavy (non-hydrogen) atoms. The predicted molar refractivity (Wildman–Crippen MR) is 67.4 cm³/mol. The molecule has 0 bridgehead atoms. The number of hydrogen-bond acceptors (Lipinski definition) is 5. The predicted octanol–water partition coefficient (Wildman–Crippen LogP) is 0.836. The Morgan fingerprint density at radius 2 is 2.21 bits per heavy atom. The summed E-state index contributed by atoms with van der Waals surface area (Å²) in [5.74, 6) is 0. The average molecular weight is 272 g/mol. The van der Waals surface area contributed by atoms with E-state index < -0.39 is 30.0 Å². The van der Waals surface area contributed by atoms with Crippen molar-refractivity contribution in [3.05, 3.63) is 12.3 Å². The van der Waals surface area contributed by atoms with E-state index in [2.05, 4.69) is 11.9 Å². The van der Waals surface area contributed by atoms with Crippen molar-refractivity contribution in [2.24, 2.45) is 0 Å². The molecule has 0 aromatic rings. The summed E-state index contributed by atoms with van der Waals surface area (Å²) in [7, 11) is 1.55. The maximum absolute atomic E-state index is 11.5. The molecule has 1 rings (SSSR count). The van der Waals surface area contributed by atoms with E-state index in [1.54, 1.807) is 27.8 Å². The number of amides is 2. The molecule has 7 nitrogen and oxygen atoms in total. The molecule has 1 aliphatic heterocycles. The highest BCUT2D eigenvalue weighted by Crippen LogP contribution is 2.16. The van der Waals surface area contributed by atoms with E-state index in [9.17, 15) is 14.7 Å². The number of carbonyl (C=O) groups is 2. The van der Waals surface area contributed by atoms with Crippen LogP contribution < -0.4 is 5.32 Å². The highest BCUT2D eigenvalue weighted by Gasteiger charge is 2.35. The third-order valence-corrected chi connectivity index (χ3v) is 2.39. The molecule has 7 heteroatoms. The smallest absolute Gasteiger partial charge is 0.411 e. The van der Waals surface area contributed by atoms with Crippen LogP contribution in [-0.4, -0.2) is 53.6 Å². The van der Waals surface area contributed by atoms with Gasteiger partial charge in [-0.2, -0.15) is 0 Å². The van der Waals surface area contributed by atoms with Crippen LogP contribution in [0.5, 0.6) is 0 Å². The number of aliphatic hydroxyl groups excluding tert-OH is 1. The van der Waals surface area contributed by atoms with Gasteiger partial charge >= 0.3 is 12.2 Å². The lowest BCUT2D eigenvalue weighted by Crippen LogP contribution is -2.40. The Labute approximate surface area is 112 Å². The summed E-state index contributed by atoms with van der Waals surface area (Å²) in [5.41, 5.74) is -0.614. The molecule has 1 fully saturated rings. The van der Waals surface area contributed by atoms with Crippen molar-refractivity contribution in [3.8, 4) is 0 Å². The van der Waals surface area contributed by atoms with E-state index in [1.165, 1.54) is 4.90 Å². The second-order valence-electron chi connectivity index (χ2n) is 5.40. The first kappa shape index (κ1) is 15.3. The van der Waals surface area contributed by atoms with Crippen molar-refractivity contribution >= 4 is 12.2 Å². The van der Waals surface area contributed by atoms with Gasteiger partial charge in [-0.25, -0.2) is 9.59 Å². The van der Waals surface area contributed by atoms with E-state index in [0.717, 1.165) is 0 Å². The van der Waals surface area contributed by atoms with Gasteiger partial charge < -0.3 is 19.5 Å². The summed E-state index contributed by atoms with van der Waals surface area (Å²) in [6.07, 6.45) is -3.16. The van der Waals surface area contributed by atoms with Crippen molar-refractivity contribution in [2.45, 2.75) is 38.6 Å². The zero-order chi connectivity index (χ0) is 14.8. The van der Waals surface area contributed by atoms with E-state index in [0.29, 0.717) is 0 Å². The van der Waals surface area contributed by atoms with E-state index in [1.807, 2.05) is 0 Å². The number of nitrogens with zero attached hydrogens (tertiary/aromatic N) is 1. The van der Waals surface area contributed by atoms with Crippen molar-refractivity contribution < 1.29 is 24.2 Å². The number of alkyl carbamates (subject to hydrolysis) is 1. The monoisotopic (exact) mass is 272 g/mol. The molecule has 108 valence electrons. The fourth-order valence-corrected chi connectivity index (χ4v) is 1.50. The molecule has 0 saturated carbocycles. The largest absolute Gasteiger partial charge is 0.444 e. The first-order valence-electron chi connectivity index (χ1n) is 5.89. The highest BCUT2D eigenvalue weighted by molar-refractivity contribution is 5.71. The van der Waals surface area contributed by atoms with Crippen molar-refractivity contribution in [1.82, 2.24) is 10.2 Å². The summed E-state index contributed by atoms with van der Waals surface area (Å²) in [4.78, 5) is 24.0. The zero-order valence-corrected chi connectivity index (χ0v) is 11.6. The van der Waals surface area contributed by atoms with Gasteiger partial charge in [0.2, 0.25) is 0 Å². The fraction of sp³-hybridized carbons (Fsp3) is 0.667. The minimum atomic E-state index is -1.18. The standard InChI is InChI=1S/C12H20N2O5/c1-7(13-10(16)19-12(2,3)4)9(15)8-6-14(5)11(17)18-8/h8-9,15H,1,6H2,2-5H3,(H,13,16). The molecule has 1 saturated heterocycles. The molecule has 1 aliphatic rings. The molecular formula is C12H20N2O5. The molecule has 0 spiro atoms. The van der Waals surface area contributed by atoms with E-state index >= 15 is 0 Å². The number of cyclic esters (lactones) is 1. The third-order valence-electron chi connectivity index (χ3n) is 2.39. The number of carbonyl (C=O) groups excluding carboxylic acids is 2. The summed E-state index contributed by atoms with van der Waals surface area (Å²) < 4.78 is 9.95. The lowest BCUT2D eigenvalue weighted by molar-refractivity contribution is 0.0392. The second kappa shape index (κ2) is 5.48. The normalized spacial score (nSPS) is 20.8. The number of aliphatic hydroxyl groups is 1. The van der Waals surface area contributed by atoms with Crippen LogP contribution in [0.4, 0.5) is 9.59 Å². The number of ether oxygens (including phenoxy) is 2. The Balaban J connectivity index is 2.50. The van der Waals surface area contributed by atoms with Crippen LogP contribution in [0.3, 0.4) is 0 Å². The molecule has 0 aromatic heterocycles. The summed E-state index contributed by atoms with van der Waals surface area (Å²) in [6.45, 7) is 8.94. The molecule has 0 aromatic carbocycles. The molecule has 1 heterocycles. The van der Waals surface area contributed by atoms with Gasteiger partial charge in [0.25, 0.3) is 0 Å². The maximum Gasteiger partial charge on any atom is 0.411 e. The van der Waals surface area contributed by atoms with Gasteiger partial charge in [-0.1, -0.05) is 6.58 Å². The molecule has 2 N–H and O–H groups in total. The van der Waals surface area contributed by atoms with Crippen molar-refractivity contribution in [2.75, 3.05) is 13.6 Å². The Bertz CT molecular complexity index is 388. The van der Waals surface area contributed by atoms with Gasteiger partial charge in [-0.3, -0.25) is 5.32 Å². The van der Waals surface area contributed by atoms with Crippen LogP contribution >= 0.6 is 0 Å². The van der Waals surface area contributed by atoms with Crippen molar-refractivity contribution in [3.63, 3.8) is 0 Å². The molecule has 2 amide bonds. The second-order valence-corrected chi connectivity index (χ2v) is 5.40. The fourth-order valence-electron chi connectivity index (χ4n) is 1.50. The Hall–Kier alpha value is -1.76. The quantitative estimate of drug-likeness (QED) is 0.794. The number of hydrogen-bond donors (Lipinski definition) is 2.